The normalized spacial score (nSPS) is 14.6. The fourth-order valence-corrected chi connectivity index (χ4v) is 2.29. The molecule has 1 fully saturated rings. The summed E-state index contributed by atoms with van der Waals surface area (Å²) >= 11 is 0. The highest BCUT2D eigenvalue weighted by Gasteiger charge is 2.35. The highest BCUT2D eigenvalue weighted by Crippen LogP contribution is 2.21. The van der Waals surface area contributed by atoms with E-state index in [1.807, 2.05) is 19.1 Å². The van der Waals surface area contributed by atoms with Crippen molar-refractivity contribution in [3.63, 3.8) is 0 Å². The lowest BCUT2D eigenvalue weighted by Crippen LogP contribution is -2.56. The maximum atomic E-state index is 13.6. The van der Waals surface area contributed by atoms with Crippen LogP contribution in [0.25, 0.3) is 0 Å². The molecule has 0 radical (unpaired) electrons. The molecule has 0 atom stereocenters. The van der Waals surface area contributed by atoms with E-state index in [2.05, 4.69) is 4.98 Å². The minimum atomic E-state index is -0.852. The first kappa shape index (κ1) is 14.4. The molecule has 22 heavy (non-hydrogen) atoms. The van der Waals surface area contributed by atoms with Gasteiger partial charge in [-0.25, -0.2) is 13.8 Å². The highest BCUT2D eigenvalue weighted by molar-refractivity contribution is 5.95. The van der Waals surface area contributed by atoms with E-state index in [0.29, 0.717) is 5.88 Å². The van der Waals surface area contributed by atoms with Gasteiger partial charge in [0.2, 0.25) is 5.88 Å². The predicted molar refractivity (Wildman–Crippen MR) is 75.7 cm³/mol. The number of nitrogens with zero attached hydrogens (tertiary/aromatic N) is 2. The smallest absolute Gasteiger partial charge is 0.260 e. The first-order chi connectivity index (χ1) is 10.5. The van der Waals surface area contributed by atoms with Gasteiger partial charge in [-0.1, -0.05) is 12.1 Å². The maximum absolute atomic E-state index is 13.6. The SMILES string of the molecule is Cc1cccc(OC2CN(C(=O)c3c(F)cccc3F)C2)n1. The van der Waals surface area contributed by atoms with E-state index in [9.17, 15) is 13.6 Å². The molecule has 1 saturated heterocycles. The molecule has 114 valence electrons. The zero-order chi connectivity index (χ0) is 15.7. The van der Waals surface area contributed by atoms with Gasteiger partial charge in [-0.05, 0) is 25.1 Å². The van der Waals surface area contributed by atoms with Gasteiger partial charge in [-0.3, -0.25) is 4.79 Å². The molecular formula is C16H14F2N2O2. The minimum absolute atomic E-state index is 0.215. The molecule has 4 nitrogen and oxygen atoms in total. The van der Waals surface area contributed by atoms with Crippen LogP contribution >= 0.6 is 0 Å². The van der Waals surface area contributed by atoms with Crippen LogP contribution in [0.3, 0.4) is 0 Å². The second-order valence-electron chi connectivity index (χ2n) is 5.16. The zero-order valence-corrected chi connectivity index (χ0v) is 11.9. The fraction of sp³-hybridized carbons (Fsp3) is 0.250. The molecule has 0 unspecified atom stereocenters. The molecule has 1 aliphatic heterocycles. The monoisotopic (exact) mass is 304 g/mol. The van der Waals surface area contributed by atoms with Crippen LogP contribution in [0.1, 0.15) is 16.1 Å². The van der Waals surface area contributed by atoms with Crippen molar-refractivity contribution < 1.29 is 18.3 Å². The highest BCUT2D eigenvalue weighted by atomic mass is 19.1. The molecule has 0 aliphatic carbocycles. The Bertz CT molecular complexity index is 695. The van der Waals surface area contributed by atoms with Gasteiger partial charge < -0.3 is 9.64 Å². The molecule has 0 saturated carbocycles. The molecule has 1 aromatic heterocycles. The van der Waals surface area contributed by atoms with E-state index in [1.165, 1.54) is 11.0 Å². The van der Waals surface area contributed by atoms with Crippen molar-refractivity contribution in [2.45, 2.75) is 13.0 Å². The summed E-state index contributed by atoms with van der Waals surface area (Å²) in [5, 5.41) is 0. The van der Waals surface area contributed by atoms with Crippen molar-refractivity contribution in [2.75, 3.05) is 13.1 Å². The number of hydrogen-bond acceptors (Lipinski definition) is 3. The van der Waals surface area contributed by atoms with E-state index in [4.69, 9.17) is 4.74 Å². The summed E-state index contributed by atoms with van der Waals surface area (Å²) in [6, 6.07) is 8.78. The Kier molecular flexibility index (Phi) is 3.75. The van der Waals surface area contributed by atoms with Crippen LogP contribution in [-0.4, -0.2) is 35.0 Å². The third-order valence-electron chi connectivity index (χ3n) is 3.46. The van der Waals surface area contributed by atoms with E-state index < -0.39 is 23.1 Å². The van der Waals surface area contributed by atoms with Crippen LogP contribution in [0.15, 0.2) is 36.4 Å². The van der Waals surface area contributed by atoms with Gasteiger partial charge in [0, 0.05) is 11.8 Å². The van der Waals surface area contributed by atoms with Crippen LogP contribution in [0, 0.1) is 18.6 Å². The largest absolute Gasteiger partial charge is 0.471 e. The van der Waals surface area contributed by atoms with Gasteiger partial charge in [0.15, 0.2) is 0 Å². The number of aromatic nitrogens is 1. The number of ether oxygens (including phenoxy) is 1. The Hall–Kier alpha value is -2.50. The fourth-order valence-electron chi connectivity index (χ4n) is 2.29. The number of carbonyl (C=O) groups excluding carboxylic acids is 1. The van der Waals surface area contributed by atoms with Crippen LogP contribution in [-0.2, 0) is 0 Å². The third kappa shape index (κ3) is 2.77. The van der Waals surface area contributed by atoms with Crippen molar-refractivity contribution in [1.29, 1.82) is 0 Å². The summed E-state index contributed by atoms with van der Waals surface area (Å²) in [6.07, 6.45) is -0.215. The Morgan fingerprint density at radius 3 is 2.45 bits per heavy atom. The van der Waals surface area contributed by atoms with E-state index >= 15 is 0 Å². The van der Waals surface area contributed by atoms with Gasteiger partial charge in [0.25, 0.3) is 5.91 Å². The molecule has 2 aromatic rings. The number of hydrogen-bond donors (Lipinski definition) is 0. The van der Waals surface area contributed by atoms with Crippen LogP contribution in [0.4, 0.5) is 8.78 Å². The Morgan fingerprint density at radius 2 is 1.82 bits per heavy atom. The van der Waals surface area contributed by atoms with Crippen molar-refractivity contribution in [3.8, 4) is 5.88 Å². The predicted octanol–water partition coefficient (Wildman–Crippen LogP) is 2.57. The molecule has 0 N–H and O–H groups in total. The average molecular weight is 304 g/mol. The van der Waals surface area contributed by atoms with Crippen molar-refractivity contribution >= 4 is 5.91 Å². The summed E-state index contributed by atoms with van der Waals surface area (Å²) in [5.41, 5.74) is 0.313. The summed E-state index contributed by atoms with van der Waals surface area (Å²) in [5.74, 6) is -1.88. The number of rotatable bonds is 3. The summed E-state index contributed by atoms with van der Waals surface area (Å²) in [6.45, 7) is 2.41. The first-order valence-corrected chi connectivity index (χ1v) is 6.88. The quantitative estimate of drug-likeness (QED) is 0.875. The molecule has 6 heteroatoms. The Labute approximate surface area is 126 Å². The third-order valence-corrected chi connectivity index (χ3v) is 3.46. The Balaban J connectivity index is 1.62. The van der Waals surface area contributed by atoms with Gasteiger partial charge >= 0.3 is 0 Å². The lowest BCUT2D eigenvalue weighted by Gasteiger charge is -2.38. The van der Waals surface area contributed by atoms with Crippen LogP contribution in [0.2, 0.25) is 0 Å². The first-order valence-electron chi connectivity index (χ1n) is 6.88. The van der Waals surface area contributed by atoms with Crippen molar-refractivity contribution in [1.82, 2.24) is 9.88 Å². The second kappa shape index (κ2) is 5.71. The number of pyridine rings is 1. The maximum Gasteiger partial charge on any atom is 0.260 e. The van der Waals surface area contributed by atoms with E-state index in [0.717, 1.165) is 17.8 Å². The van der Waals surface area contributed by atoms with Crippen molar-refractivity contribution in [3.05, 3.63) is 59.3 Å². The number of carbonyl (C=O) groups is 1. The van der Waals surface area contributed by atoms with Crippen LogP contribution < -0.4 is 4.74 Å². The number of amides is 1. The number of likely N-dealkylation sites (tertiary alicyclic amines) is 1. The number of benzene rings is 1. The molecular weight excluding hydrogens is 290 g/mol. The summed E-state index contributed by atoms with van der Waals surface area (Å²) < 4.78 is 32.8. The van der Waals surface area contributed by atoms with Gasteiger partial charge in [-0.15, -0.1) is 0 Å². The molecule has 0 spiro atoms. The lowest BCUT2D eigenvalue weighted by molar-refractivity contribution is 0.0152. The van der Waals surface area contributed by atoms with Crippen molar-refractivity contribution in [2.24, 2.45) is 0 Å². The molecule has 1 aliphatic rings. The lowest BCUT2D eigenvalue weighted by atomic mass is 10.1. The van der Waals surface area contributed by atoms with E-state index in [-0.39, 0.29) is 19.2 Å². The summed E-state index contributed by atoms with van der Waals surface area (Å²) in [7, 11) is 0. The number of halogens is 2. The minimum Gasteiger partial charge on any atom is -0.471 e. The van der Waals surface area contributed by atoms with Gasteiger partial charge in [-0.2, -0.15) is 0 Å². The summed E-state index contributed by atoms with van der Waals surface area (Å²) in [4.78, 5) is 17.7. The topological polar surface area (TPSA) is 42.4 Å². The average Bonchev–Trinajstić information content (AvgIpc) is 2.42. The molecule has 2 heterocycles. The zero-order valence-electron chi connectivity index (χ0n) is 11.9. The molecule has 3 rings (SSSR count). The van der Waals surface area contributed by atoms with E-state index in [1.54, 1.807) is 6.07 Å². The van der Waals surface area contributed by atoms with Gasteiger partial charge in [0.1, 0.15) is 23.3 Å². The molecule has 0 bridgehead atoms. The second-order valence-corrected chi connectivity index (χ2v) is 5.16. The Morgan fingerprint density at radius 1 is 1.18 bits per heavy atom. The van der Waals surface area contributed by atoms with Gasteiger partial charge in [0.05, 0.1) is 13.1 Å². The number of aryl methyl sites for hydroxylation is 1. The molecule has 1 aromatic carbocycles. The standard InChI is InChI=1S/C16H14F2N2O2/c1-10-4-2-7-14(19-10)22-11-8-20(9-11)16(21)15-12(17)5-3-6-13(15)18/h2-7,11H,8-9H2,1H3. The molecule has 1 amide bonds. The van der Waals surface area contributed by atoms with Crippen LogP contribution in [0.5, 0.6) is 5.88 Å².